The minimum absolute atomic E-state index is 0.193. The monoisotopic (exact) mass is 238 g/mol. The first-order chi connectivity index (χ1) is 7.97. The van der Waals surface area contributed by atoms with Gasteiger partial charge in [0.25, 0.3) is 0 Å². The molecular weight excluding hydrogens is 228 g/mol. The predicted octanol–water partition coefficient (Wildman–Crippen LogP) is 0.778. The van der Waals surface area contributed by atoms with Crippen molar-refractivity contribution in [2.75, 3.05) is 7.11 Å². The van der Waals surface area contributed by atoms with Gasteiger partial charge in [-0.1, -0.05) is 0 Å². The van der Waals surface area contributed by atoms with E-state index in [0.717, 1.165) is 6.08 Å². The molecule has 1 aromatic rings. The van der Waals surface area contributed by atoms with Crippen LogP contribution < -0.4 is 5.56 Å². The lowest BCUT2D eigenvalue weighted by atomic mass is 10.1. The molecule has 90 valence electrons. The summed E-state index contributed by atoms with van der Waals surface area (Å²) in [6, 6.07) is 0. The summed E-state index contributed by atoms with van der Waals surface area (Å²) < 4.78 is 4.38. The highest BCUT2D eigenvalue weighted by atomic mass is 16.6. The summed E-state index contributed by atoms with van der Waals surface area (Å²) in [4.78, 5) is 34.2. The molecule has 0 bridgehead atoms. The molecule has 1 N–H and O–H groups in total. The van der Waals surface area contributed by atoms with Crippen LogP contribution in [0.1, 0.15) is 11.1 Å². The van der Waals surface area contributed by atoms with E-state index < -0.39 is 22.1 Å². The van der Waals surface area contributed by atoms with Crippen molar-refractivity contribution in [1.82, 2.24) is 4.98 Å². The number of methoxy groups -OCH3 is 1. The van der Waals surface area contributed by atoms with E-state index in [1.165, 1.54) is 26.3 Å². The maximum absolute atomic E-state index is 11.2. The zero-order valence-electron chi connectivity index (χ0n) is 9.22. The number of rotatable bonds is 3. The van der Waals surface area contributed by atoms with Gasteiger partial charge in [0.05, 0.1) is 12.0 Å². The summed E-state index contributed by atoms with van der Waals surface area (Å²) in [6.07, 6.45) is 3.75. The van der Waals surface area contributed by atoms with Gasteiger partial charge in [-0.3, -0.25) is 14.9 Å². The minimum atomic E-state index is -0.775. The topological polar surface area (TPSA) is 102 Å². The number of carbonyl (C=O) groups excluding carboxylic acids is 1. The average molecular weight is 238 g/mol. The lowest BCUT2D eigenvalue weighted by molar-refractivity contribution is -0.386. The summed E-state index contributed by atoms with van der Waals surface area (Å²) in [5.41, 5.74) is -0.736. The number of aromatic amines is 1. The molecule has 7 nitrogen and oxygen atoms in total. The van der Waals surface area contributed by atoms with Gasteiger partial charge < -0.3 is 9.72 Å². The van der Waals surface area contributed by atoms with Crippen LogP contribution in [0, 0.1) is 17.0 Å². The van der Waals surface area contributed by atoms with Gasteiger partial charge in [-0.05, 0) is 13.0 Å². The highest BCUT2D eigenvalue weighted by molar-refractivity contribution is 5.87. The molecule has 0 amide bonds. The van der Waals surface area contributed by atoms with Gasteiger partial charge in [0, 0.05) is 23.4 Å². The molecule has 0 atom stereocenters. The zero-order chi connectivity index (χ0) is 13.0. The Labute approximate surface area is 95.9 Å². The third-order valence-electron chi connectivity index (χ3n) is 2.14. The van der Waals surface area contributed by atoms with E-state index in [4.69, 9.17) is 0 Å². The fraction of sp³-hybridized carbons (Fsp3) is 0.200. The van der Waals surface area contributed by atoms with Crippen LogP contribution in [0.5, 0.6) is 0 Å². The smallest absolute Gasteiger partial charge is 0.337 e. The number of pyridine rings is 1. The maximum atomic E-state index is 11.2. The number of aromatic nitrogens is 1. The average Bonchev–Trinajstić information content (AvgIpc) is 2.27. The van der Waals surface area contributed by atoms with Crippen LogP contribution in [0.15, 0.2) is 17.1 Å². The van der Waals surface area contributed by atoms with E-state index >= 15 is 0 Å². The Morgan fingerprint density at radius 2 is 2.24 bits per heavy atom. The Morgan fingerprint density at radius 1 is 1.59 bits per heavy atom. The molecule has 7 heteroatoms. The summed E-state index contributed by atoms with van der Waals surface area (Å²) in [5, 5.41) is 10.7. The Morgan fingerprint density at radius 3 is 2.76 bits per heavy atom. The van der Waals surface area contributed by atoms with Crippen LogP contribution in [0.2, 0.25) is 0 Å². The molecule has 17 heavy (non-hydrogen) atoms. The van der Waals surface area contributed by atoms with Gasteiger partial charge in [-0.25, -0.2) is 4.79 Å². The van der Waals surface area contributed by atoms with E-state index in [1.54, 1.807) is 0 Å². The second-order valence-electron chi connectivity index (χ2n) is 3.16. The van der Waals surface area contributed by atoms with Crippen molar-refractivity contribution >= 4 is 17.7 Å². The van der Waals surface area contributed by atoms with Crippen molar-refractivity contribution < 1.29 is 14.5 Å². The third-order valence-corrected chi connectivity index (χ3v) is 2.14. The number of nitro groups is 1. The van der Waals surface area contributed by atoms with E-state index in [1.807, 2.05) is 0 Å². The number of nitrogens with one attached hydrogen (secondary N) is 1. The first-order valence-corrected chi connectivity index (χ1v) is 4.60. The number of hydrogen-bond acceptors (Lipinski definition) is 5. The Balaban J connectivity index is 3.25. The molecule has 1 aromatic heterocycles. The number of nitrogens with zero attached hydrogens (tertiary/aromatic N) is 1. The number of hydrogen-bond donors (Lipinski definition) is 1. The highest BCUT2D eigenvalue weighted by Crippen LogP contribution is 2.16. The molecule has 0 aliphatic rings. The van der Waals surface area contributed by atoms with Crippen LogP contribution in [0.25, 0.3) is 6.08 Å². The lowest BCUT2D eigenvalue weighted by Gasteiger charge is -2.00. The van der Waals surface area contributed by atoms with Crippen molar-refractivity contribution in [3.05, 3.63) is 43.9 Å². The number of carbonyl (C=O) groups is 1. The largest absolute Gasteiger partial charge is 0.466 e. The molecule has 0 saturated carbocycles. The Kier molecular flexibility index (Phi) is 3.76. The van der Waals surface area contributed by atoms with E-state index in [0.29, 0.717) is 5.56 Å². The lowest BCUT2D eigenvalue weighted by Crippen LogP contribution is -2.13. The first-order valence-electron chi connectivity index (χ1n) is 4.60. The van der Waals surface area contributed by atoms with Crippen LogP contribution >= 0.6 is 0 Å². The van der Waals surface area contributed by atoms with Gasteiger partial charge in [0.2, 0.25) is 0 Å². The fourth-order valence-corrected chi connectivity index (χ4v) is 1.25. The first kappa shape index (κ1) is 12.6. The van der Waals surface area contributed by atoms with Gasteiger partial charge >= 0.3 is 17.2 Å². The van der Waals surface area contributed by atoms with E-state index in [2.05, 4.69) is 9.72 Å². The normalized spacial score (nSPS) is 10.5. The predicted molar refractivity (Wildman–Crippen MR) is 59.5 cm³/mol. The molecule has 1 heterocycles. The van der Waals surface area contributed by atoms with Crippen molar-refractivity contribution in [2.45, 2.75) is 6.92 Å². The summed E-state index contributed by atoms with van der Waals surface area (Å²) >= 11 is 0. The molecule has 0 spiro atoms. The number of esters is 1. The third kappa shape index (κ3) is 2.77. The molecule has 0 fully saturated rings. The molecule has 0 aliphatic heterocycles. The van der Waals surface area contributed by atoms with Gasteiger partial charge in [0.15, 0.2) is 0 Å². The molecule has 1 rings (SSSR count). The standard InChI is InChI=1S/C10H10N2O5/c1-6-7(3-4-8(13)17-2)5-11-10(14)9(6)12(15)16/h3-5H,1-2H3,(H,11,14). The van der Waals surface area contributed by atoms with Gasteiger partial charge in [-0.15, -0.1) is 0 Å². The van der Waals surface area contributed by atoms with Crippen molar-refractivity contribution in [1.29, 1.82) is 0 Å². The SMILES string of the molecule is COC(=O)C=Cc1c[nH]c(=O)c([N+](=O)[O-])c1C. The molecule has 0 aliphatic carbocycles. The molecule has 0 aromatic carbocycles. The quantitative estimate of drug-likeness (QED) is 0.362. The summed E-state index contributed by atoms with van der Waals surface area (Å²) in [7, 11) is 1.22. The second kappa shape index (κ2) is 5.06. The van der Waals surface area contributed by atoms with Crippen LogP contribution in [-0.4, -0.2) is 23.0 Å². The molecule has 0 radical (unpaired) electrons. The van der Waals surface area contributed by atoms with E-state index in [-0.39, 0.29) is 5.56 Å². The van der Waals surface area contributed by atoms with Crippen LogP contribution in [0.3, 0.4) is 0 Å². The minimum Gasteiger partial charge on any atom is -0.466 e. The molecule has 0 saturated heterocycles. The van der Waals surface area contributed by atoms with Crippen molar-refractivity contribution in [3.8, 4) is 0 Å². The Hall–Kier alpha value is -2.44. The maximum Gasteiger partial charge on any atom is 0.337 e. The highest BCUT2D eigenvalue weighted by Gasteiger charge is 2.18. The van der Waals surface area contributed by atoms with Crippen LogP contribution in [-0.2, 0) is 9.53 Å². The molecule has 0 unspecified atom stereocenters. The summed E-state index contributed by atoms with van der Waals surface area (Å²) in [5.74, 6) is -0.585. The number of ether oxygens (including phenoxy) is 1. The van der Waals surface area contributed by atoms with Crippen molar-refractivity contribution in [3.63, 3.8) is 0 Å². The second-order valence-corrected chi connectivity index (χ2v) is 3.16. The van der Waals surface area contributed by atoms with E-state index in [9.17, 15) is 19.7 Å². The Bertz CT molecular complexity index is 544. The fourth-order valence-electron chi connectivity index (χ4n) is 1.25. The van der Waals surface area contributed by atoms with Crippen molar-refractivity contribution in [2.24, 2.45) is 0 Å². The molecular formula is C10H10N2O5. The number of H-pyrrole nitrogens is 1. The summed E-state index contributed by atoms with van der Waals surface area (Å²) in [6.45, 7) is 1.43. The van der Waals surface area contributed by atoms with Crippen LogP contribution in [0.4, 0.5) is 5.69 Å². The zero-order valence-corrected chi connectivity index (χ0v) is 9.22. The van der Waals surface area contributed by atoms with Gasteiger partial charge in [-0.2, -0.15) is 0 Å². The van der Waals surface area contributed by atoms with Gasteiger partial charge in [0.1, 0.15) is 0 Å².